The van der Waals surface area contributed by atoms with Crippen molar-refractivity contribution in [3.63, 3.8) is 0 Å². The van der Waals surface area contributed by atoms with E-state index in [1.807, 2.05) is 28.8 Å². The number of carbonyl (C=O) groups excluding carboxylic acids is 1. The predicted octanol–water partition coefficient (Wildman–Crippen LogP) is 5.03. The van der Waals surface area contributed by atoms with Gasteiger partial charge in [0.2, 0.25) is 0 Å². The molecule has 4 saturated carbocycles. The number of nitrogens with zero attached hydrogens (tertiary/aromatic N) is 3. The van der Waals surface area contributed by atoms with Gasteiger partial charge in [-0.1, -0.05) is 44.2 Å². The standard InChI is InChI=1S/C30H39N3O3/c1-2-36-28(34)17-23-29(35)33(24-11-6-5-10-22(24)31-23)27-18-26-30(27)13-7-12-25(30)32(26)21-15-19-8-3-4-9-20(14-19)16-21/h5-6,10-11,19-21,25-27H,2-4,7-9,12-18H2,1H3/t19?,20?,21?,25-,26-,27-,30?/m1/s1. The van der Waals surface area contributed by atoms with E-state index in [-0.39, 0.29) is 29.4 Å². The van der Waals surface area contributed by atoms with Crippen LogP contribution in [0.3, 0.4) is 0 Å². The van der Waals surface area contributed by atoms with Gasteiger partial charge in [0.25, 0.3) is 5.56 Å². The van der Waals surface area contributed by atoms with Crippen LogP contribution in [0.25, 0.3) is 11.0 Å². The van der Waals surface area contributed by atoms with Crippen molar-refractivity contribution >= 4 is 17.0 Å². The molecule has 2 heterocycles. The lowest BCUT2D eigenvalue weighted by Gasteiger charge is -2.74. The average Bonchev–Trinajstić information content (AvgIpc) is 3.21. The number of hydrogen-bond donors (Lipinski definition) is 0. The number of rotatable bonds is 5. The number of benzene rings is 1. The van der Waals surface area contributed by atoms with Crippen molar-refractivity contribution in [3.05, 3.63) is 40.3 Å². The van der Waals surface area contributed by atoms with Crippen molar-refractivity contribution in [3.8, 4) is 0 Å². The second-order valence-corrected chi connectivity index (χ2v) is 12.3. The highest BCUT2D eigenvalue weighted by Gasteiger charge is 2.74. The third-order valence-electron chi connectivity index (χ3n) is 10.7. The molecule has 1 aromatic heterocycles. The Hall–Kier alpha value is -2.21. The predicted molar refractivity (Wildman–Crippen MR) is 139 cm³/mol. The fourth-order valence-corrected chi connectivity index (χ4v) is 9.43. The zero-order chi connectivity index (χ0) is 24.4. The third kappa shape index (κ3) is 3.28. The van der Waals surface area contributed by atoms with Crippen molar-refractivity contribution in [1.29, 1.82) is 0 Å². The molecule has 6 atom stereocenters. The van der Waals surface area contributed by atoms with E-state index in [2.05, 4.69) is 9.88 Å². The van der Waals surface area contributed by atoms with E-state index < -0.39 is 0 Å². The lowest BCUT2D eigenvalue weighted by atomic mass is 9.49. The zero-order valence-electron chi connectivity index (χ0n) is 21.5. The van der Waals surface area contributed by atoms with Gasteiger partial charge < -0.3 is 9.30 Å². The van der Waals surface area contributed by atoms with Gasteiger partial charge in [-0.3, -0.25) is 14.5 Å². The fraction of sp³-hybridized carbons (Fsp3) is 0.700. The summed E-state index contributed by atoms with van der Waals surface area (Å²) in [5.41, 5.74) is 2.18. The Bertz CT molecular complexity index is 1230. The molecule has 6 heteroatoms. The molecule has 192 valence electrons. The molecule has 3 unspecified atom stereocenters. The minimum Gasteiger partial charge on any atom is -0.466 e. The van der Waals surface area contributed by atoms with Gasteiger partial charge in [-0.25, -0.2) is 4.98 Å². The normalized spacial score (nSPS) is 37.4. The third-order valence-corrected chi connectivity index (χ3v) is 10.7. The van der Waals surface area contributed by atoms with Crippen molar-refractivity contribution in [2.45, 2.75) is 108 Å². The summed E-state index contributed by atoms with van der Waals surface area (Å²) in [4.78, 5) is 33.7. The van der Waals surface area contributed by atoms with E-state index in [0.29, 0.717) is 24.4 Å². The van der Waals surface area contributed by atoms with Crippen molar-refractivity contribution in [2.75, 3.05) is 6.61 Å². The first-order valence-corrected chi connectivity index (χ1v) is 14.5. The second-order valence-electron chi connectivity index (χ2n) is 12.3. The first kappa shape index (κ1) is 22.9. The van der Waals surface area contributed by atoms with Gasteiger partial charge in [0.1, 0.15) is 5.69 Å². The van der Waals surface area contributed by atoms with Gasteiger partial charge in [0.15, 0.2) is 0 Å². The average molecular weight is 490 g/mol. The summed E-state index contributed by atoms with van der Waals surface area (Å²) in [6, 6.07) is 10.2. The molecule has 4 aliphatic carbocycles. The summed E-state index contributed by atoms with van der Waals surface area (Å²) >= 11 is 0. The minimum atomic E-state index is -0.374. The van der Waals surface area contributed by atoms with E-state index in [9.17, 15) is 9.59 Å². The summed E-state index contributed by atoms with van der Waals surface area (Å²) in [5, 5.41) is 0. The Balaban J connectivity index is 1.22. The van der Waals surface area contributed by atoms with E-state index >= 15 is 0 Å². The van der Waals surface area contributed by atoms with E-state index in [0.717, 1.165) is 35.3 Å². The molecule has 1 aliphatic heterocycles. The first-order valence-electron chi connectivity index (χ1n) is 14.5. The van der Waals surface area contributed by atoms with Gasteiger partial charge in [0, 0.05) is 29.6 Å². The maximum atomic E-state index is 13.9. The van der Waals surface area contributed by atoms with E-state index in [1.54, 1.807) is 6.92 Å². The molecule has 1 saturated heterocycles. The molecule has 5 fully saturated rings. The molecule has 2 aromatic rings. The molecule has 36 heavy (non-hydrogen) atoms. The summed E-state index contributed by atoms with van der Waals surface area (Å²) < 4.78 is 7.20. The van der Waals surface area contributed by atoms with Gasteiger partial charge in [-0.05, 0) is 69.4 Å². The number of carbonyl (C=O) groups is 1. The highest BCUT2D eigenvalue weighted by Crippen LogP contribution is 2.71. The maximum absolute atomic E-state index is 13.9. The number of para-hydroxylation sites is 2. The molecule has 1 spiro atoms. The van der Waals surface area contributed by atoms with Crippen LogP contribution in [0.2, 0.25) is 0 Å². The second kappa shape index (κ2) is 8.68. The topological polar surface area (TPSA) is 64.4 Å². The Morgan fingerprint density at radius 1 is 1.00 bits per heavy atom. The molecular weight excluding hydrogens is 450 g/mol. The highest BCUT2D eigenvalue weighted by atomic mass is 16.5. The number of likely N-dealkylation sites (tertiary alicyclic amines) is 1. The molecular formula is C30H39N3O3. The van der Waals surface area contributed by atoms with Gasteiger partial charge in [-0.15, -0.1) is 0 Å². The van der Waals surface area contributed by atoms with Crippen LogP contribution < -0.4 is 5.56 Å². The highest BCUT2D eigenvalue weighted by molar-refractivity contribution is 5.77. The summed E-state index contributed by atoms with van der Waals surface area (Å²) in [5.74, 6) is 1.49. The first-order chi connectivity index (χ1) is 17.6. The minimum absolute atomic E-state index is 0.0545. The number of piperidine rings is 1. The molecule has 0 radical (unpaired) electrons. The summed E-state index contributed by atoms with van der Waals surface area (Å²) in [6.07, 6.45) is 14.7. The van der Waals surface area contributed by atoms with Gasteiger partial charge in [-0.2, -0.15) is 0 Å². The van der Waals surface area contributed by atoms with Gasteiger partial charge in [0.05, 0.1) is 24.1 Å². The molecule has 1 aromatic carbocycles. The number of ether oxygens (including phenoxy) is 1. The fourth-order valence-electron chi connectivity index (χ4n) is 9.43. The van der Waals surface area contributed by atoms with E-state index in [1.165, 1.54) is 64.2 Å². The lowest BCUT2D eigenvalue weighted by molar-refractivity contribution is -0.246. The molecule has 7 rings (SSSR count). The van der Waals surface area contributed by atoms with Crippen molar-refractivity contribution in [2.24, 2.45) is 17.3 Å². The zero-order valence-corrected chi connectivity index (χ0v) is 21.5. The Kier molecular flexibility index (Phi) is 5.53. The van der Waals surface area contributed by atoms with Crippen LogP contribution in [0.4, 0.5) is 0 Å². The molecule has 5 aliphatic rings. The number of hydrogen-bond acceptors (Lipinski definition) is 5. The van der Waals surface area contributed by atoms with Crippen LogP contribution in [-0.2, 0) is 16.0 Å². The van der Waals surface area contributed by atoms with Crippen LogP contribution >= 0.6 is 0 Å². The smallest absolute Gasteiger partial charge is 0.312 e. The molecule has 6 nitrogen and oxygen atoms in total. The number of esters is 1. The van der Waals surface area contributed by atoms with E-state index in [4.69, 9.17) is 4.74 Å². The molecule has 0 amide bonds. The quantitative estimate of drug-likeness (QED) is 0.551. The SMILES string of the molecule is CCOC(=O)Cc1nc2ccccc2n([C@@H]2C[C@H]3N(C4CC5CCCCC(C5)C4)[C@@H]4CCCC432)c1=O. The van der Waals surface area contributed by atoms with Crippen LogP contribution in [-0.4, -0.2) is 45.2 Å². The van der Waals surface area contributed by atoms with Crippen LogP contribution in [0.15, 0.2) is 29.1 Å². The Morgan fingerprint density at radius 3 is 2.56 bits per heavy atom. The monoisotopic (exact) mass is 489 g/mol. The number of aromatic nitrogens is 2. The number of fused-ring (bicyclic) bond motifs is 3. The maximum Gasteiger partial charge on any atom is 0.312 e. The van der Waals surface area contributed by atoms with Crippen LogP contribution in [0.5, 0.6) is 0 Å². The van der Waals surface area contributed by atoms with Crippen molar-refractivity contribution in [1.82, 2.24) is 14.5 Å². The largest absolute Gasteiger partial charge is 0.466 e. The van der Waals surface area contributed by atoms with Gasteiger partial charge >= 0.3 is 5.97 Å². The lowest BCUT2D eigenvalue weighted by Crippen LogP contribution is -2.81. The van der Waals surface area contributed by atoms with Crippen LogP contribution in [0, 0.1) is 17.3 Å². The Morgan fingerprint density at radius 2 is 1.78 bits per heavy atom. The molecule has 0 N–H and O–H groups in total. The van der Waals surface area contributed by atoms with Crippen LogP contribution in [0.1, 0.15) is 89.3 Å². The Labute approximate surface area is 213 Å². The van der Waals surface area contributed by atoms with Crippen molar-refractivity contribution < 1.29 is 9.53 Å². The summed E-state index contributed by atoms with van der Waals surface area (Å²) in [7, 11) is 0. The summed E-state index contributed by atoms with van der Waals surface area (Å²) in [6.45, 7) is 2.11. The molecule has 2 bridgehead atoms.